The predicted molar refractivity (Wildman–Crippen MR) is 92.6 cm³/mol. The molecule has 24 heavy (non-hydrogen) atoms. The second-order valence-electron chi connectivity index (χ2n) is 6.05. The zero-order valence-corrected chi connectivity index (χ0v) is 13.4. The minimum Gasteiger partial charge on any atom is -0.452 e. The molecule has 4 nitrogen and oxygen atoms in total. The Balaban J connectivity index is 1.96. The smallest absolute Gasteiger partial charge is 0.334 e. The van der Waals surface area contributed by atoms with Gasteiger partial charge in [-0.3, -0.25) is 0 Å². The molecular formula is C20H15N2O2+. The molecule has 0 amide bonds. The van der Waals surface area contributed by atoms with E-state index < -0.39 is 0 Å². The number of aromatic nitrogens is 2. The summed E-state index contributed by atoms with van der Waals surface area (Å²) < 4.78 is 14.3. The largest absolute Gasteiger partial charge is 0.452 e. The fraction of sp³-hybridized carbons (Fsp3) is 0.100. The Labute approximate surface area is 138 Å². The molecular weight excluding hydrogens is 300 g/mol. The van der Waals surface area contributed by atoms with Crippen LogP contribution >= 0.6 is 0 Å². The van der Waals surface area contributed by atoms with Crippen LogP contribution in [0.5, 0.6) is 0 Å². The molecule has 0 atom stereocenters. The maximum atomic E-state index is 6.28. The second-order valence-corrected chi connectivity index (χ2v) is 6.05. The lowest BCUT2D eigenvalue weighted by molar-refractivity contribution is -0.663. The van der Waals surface area contributed by atoms with Crippen LogP contribution in [0.3, 0.4) is 0 Å². The average molecular weight is 315 g/mol. The molecule has 0 radical (unpaired) electrons. The van der Waals surface area contributed by atoms with Crippen LogP contribution < -0.4 is 4.57 Å². The third-order valence-corrected chi connectivity index (χ3v) is 4.51. The highest BCUT2D eigenvalue weighted by molar-refractivity contribution is 6.14. The summed E-state index contributed by atoms with van der Waals surface area (Å²) in [5, 5.41) is 1.98. The summed E-state index contributed by atoms with van der Waals surface area (Å²) in [6, 6.07) is 14.0. The van der Waals surface area contributed by atoms with Crippen molar-refractivity contribution in [2.24, 2.45) is 7.05 Å². The van der Waals surface area contributed by atoms with Crippen molar-refractivity contribution in [3.8, 4) is 11.4 Å². The highest BCUT2D eigenvalue weighted by Gasteiger charge is 2.24. The van der Waals surface area contributed by atoms with Gasteiger partial charge in [0.1, 0.15) is 17.3 Å². The van der Waals surface area contributed by atoms with Gasteiger partial charge in [0.15, 0.2) is 16.7 Å². The van der Waals surface area contributed by atoms with Gasteiger partial charge in [0.2, 0.25) is 0 Å². The monoisotopic (exact) mass is 315 g/mol. The van der Waals surface area contributed by atoms with Crippen LogP contribution in [0.15, 0.2) is 63.7 Å². The van der Waals surface area contributed by atoms with Gasteiger partial charge in [-0.15, -0.1) is 0 Å². The Kier molecular flexibility index (Phi) is 2.59. The minimum absolute atomic E-state index is 0.797. The molecule has 4 heteroatoms. The van der Waals surface area contributed by atoms with E-state index in [1.807, 2.05) is 48.1 Å². The molecule has 5 aromatic rings. The molecule has 2 aromatic carbocycles. The van der Waals surface area contributed by atoms with Crippen molar-refractivity contribution in [1.29, 1.82) is 0 Å². The van der Waals surface area contributed by atoms with E-state index in [2.05, 4.69) is 24.0 Å². The number of hydrogen-bond donors (Lipinski definition) is 0. The van der Waals surface area contributed by atoms with Crippen LogP contribution in [0, 0.1) is 6.92 Å². The van der Waals surface area contributed by atoms with Gasteiger partial charge in [-0.25, -0.2) is 4.57 Å². The summed E-state index contributed by atoms with van der Waals surface area (Å²) in [5.41, 5.74) is 5.39. The molecule has 0 fully saturated rings. The van der Waals surface area contributed by atoms with Crippen molar-refractivity contribution in [3.05, 3.63) is 60.4 Å². The normalized spacial score (nSPS) is 11.8. The third kappa shape index (κ3) is 1.68. The quantitative estimate of drug-likeness (QED) is 0.427. The first-order valence-corrected chi connectivity index (χ1v) is 7.88. The molecule has 0 bridgehead atoms. The predicted octanol–water partition coefficient (Wildman–Crippen LogP) is 4.53. The van der Waals surface area contributed by atoms with E-state index in [1.54, 1.807) is 6.20 Å². The summed E-state index contributed by atoms with van der Waals surface area (Å²) >= 11 is 0. The fourth-order valence-electron chi connectivity index (χ4n) is 3.33. The molecule has 0 aliphatic carbocycles. The SMILES string of the molecule is Cc1ccc2c(oc3c4ccccc4oc23)c1-c1nccc[n+]1C. The number of para-hydroxylation sites is 1. The summed E-state index contributed by atoms with van der Waals surface area (Å²) in [7, 11) is 1.99. The number of hydrogen-bond acceptors (Lipinski definition) is 3. The average Bonchev–Trinajstić information content (AvgIpc) is 3.12. The van der Waals surface area contributed by atoms with E-state index in [1.165, 1.54) is 0 Å². The lowest BCUT2D eigenvalue weighted by atomic mass is 10.0. The Hall–Kier alpha value is -3.14. The van der Waals surface area contributed by atoms with Gasteiger partial charge >= 0.3 is 5.82 Å². The Morgan fingerprint density at radius 1 is 0.875 bits per heavy atom. The fourth-order valence-corrected chi connectivity index (χ4v) is 3.33. The zero-order valence-electron chi connectivity index (χ0n) is 13.4. The number of fused-ring (bicyclic) bond motifs is 5. The van der Waals surface area contributed by atoms with Gasteiger partial charge in [0.05, 0.1) is 24.0 Å². The van der Waals surface area contributed by atoms with Crippen LogP contribution in [-0.4, -0.2) is 4.98 Å². The number of benzene rings is 2. The number of aryl methyl sites for hydroxylation is 2. The standard InChI is InChI=1S/C20H15N2O2/c1-12-8-9-14-17(16(12)20-21-10-5-11-22(20)2)24-18-13-6-3-4-7-15(13)23-19(14)18/h3-11H,1-2H3/q+1. The molecule has 0 saturated heterocycles. The molecule has 0 aliphatic rings. The van der Waals surface area contributed by atoms with E-state index in [4.69, 9.17) is 8.83 Å². The van der Waals surface area contributed by atoms with Gasteiger partial charge in [0.25, 0.3) is 0 Å². The van der Waals surface area contributed by atoms with Crippen LogP contribution in [-0.2, 0) is 7.05 Å². The van der Waals surface area contributed by atoms with Crippen molar-refractivity contribution >= 4 is 33.1 Å². The number of rotatable bonds is 1. The maximum absolute atomic E-state index is 6.28. The summed E-state index contributed by atoms with van der Waals surface area (Å²) in [6.07, 6.45) is 3.79. The van der Waals surface area contributed by atoms with Crippen LogP contribution in [0.4, 0.5) is 0 Å². The van der Waals surface area contributed by atoms with E-state index in [-0.39, 0.29) is 0 Å². The highest BCUT2D eigenvalue weighted by Crippen LogP contribution is 2.40. The molecule has 0 unspecified atom stereocenters. The lowest BCUT2D eigenvalue weighted by Crippen LogP contribution is -2.31. The van der Waals surface area contributed by atoms with Crippen LogP contribution in [0.1, 0.15) is 5.56 Å². The number of furan rings is 2. The van der Waals surface area contributed by atoms with Crippen molar-refractivity contribution in [3.63, 3.8) is 0 Å². The van der Waals surface area contributed by atoms with Gasteiger partial charge < -0.3 is 8.83 Å². The first-order chi connectivity index (χ1) is 11.7. The highest BCUT2D eigenvalue weighted by atomic mass is 16.4. The van der Waals surface area contributed by atoms with Gasteiger partial charge in [-0.1, -0.05) is 18.2 Å². The molecule has 5 rings (SSSR count). The van der Waals surface area contributed by atoms with E-state index in [9.17, 15) is 0 Å². The topological polar surface area (TPSA) is 43.1 Å². The third-order valence-electron chi connectivity index (χ3n) is 4.51. The molecule has 0 saturated carbocycles. The Morgan fingerprint density at radius 3 is 2.58 bits per heavy atom. The summed E-state index contributed by atoms with van der Waals surface area (Å²) in [4.78, 5) is 4.55. The van der Waals surface area contributed by atoms with E-state index in [0.29, 0.717) is 0 Å². The second kappa shape index (κ2) is 4.68. The maximum Gasteiger partial charge on any atom is 0.334 e. The summed E-state index contributed by atoms with van der Waals surface area (Å²) in [6.45, 7) is 2.08. The Bertz CT molecular complexity index is 1230. The zero-order chi connectivity index (χ0) is 16.3. The lowest BCUT2D eigenvalue weighted by Gasteiger charge is -2.03. The molecule has 0 N–H and O–H groups in total. The van der Waals surface area contributed by atoms with E-state index >= 15 is 0 Å². The van der Waals surface area contributed by atoms with Crippen LogP contribution in [0.25, 0.3) is 44.5 Å². The van der Waals surface area contributed by atoms with Crippen LogP contribution in [0.2, 0.25) is 0 Å². The number of nitrogens with zero attached hydrogens (tertiary/aromatic N) is 2. The van der Waals surface area contributed by atoms with Crippen molar-refractivity contribution in [2.75, 3.05) is 0 Å². The first kappa shape index (κ1) is 13.3. The van der Waals surface area contributed by atoms with Crippen molar-refractivity contribution < 1.29 is 13.4 Å². The molecule has 0 spiro atoms. The molecule has 3 heterocycles. The van der Waals surface area contributed by atoms with Gasteiger partial charge in [-0.2, -0.15) is 0 Å². The van der Waals surface area contributed by atoms with E-state index in [0.717, 1.165) is 50.1 Å². The molecule has 3 aromatic heterocycles. The van der Waals surface area contributed by atoms with Crippen molar-refractivity contribution in [2.45, 2.75) is 6.92 Å². The molecule has 116 valence electrons. The van der Waals surface area contributed by atoms with Crippen molar-refractivity contribution in [1.82, 2.24) is 4.98 Å². The van der Waals surface area contributed by atoms with Gasteiger partial charge in [-0.05, 0) is 35.7 Å². The van der Waals surface area contributed by atoms with Gasteiger partial charge in [0, 0.05) is 6.07 Å². The first-order valence-electron chi connectivity index (χ1n) is 7.88. The molecule has 0 aliphatic heterocycles. The minimum atomic E-state index is 0.797. The Morgan fingerprint density at radius 2 is 1.71 bits per heavy atom. The summed E-state index contributed by atoms with van der Waals surface area (Å²) in [5.74, 6) is 0.876.